The van der Waals surface area contributed by atoms with E-state index in [-0.39, 0.29) is 31.2 Å². The van der Waals surface area contributed by atoms with Gasteiger partial charge in [-0.3, -0.25) is 4.79 Å². The highest BCUT2D eigenvalue weighted by atomic mass is 32.2. The summed E-state index contributed by atoms with van der Waals surface area (Å²) >= 11 is 0. The van der Waals surface area contributed by atoms with Crippen LogP contribution < -0.4 is 9.62 Å². The zero-order valence-electron chi connectivity index (χ0n) is 34.3. The van der Waals surface area contributed by atoms with E-state index in [0.29, 0.717) is 30.7 Å². The number of ether oxygens (including phenoxy) is 5. The zero-order valence-corrected chi connectivity index (χ0v) is 35.1. The lowest BCUT2D eigenvalue weighted by atomic mass is 9.92. The molecule has 2 heterocycles. The molecule has 7 rings (SSSR count). The van der Waals surface area contributed by atoms with Crippen LogP contribution in [0.2, 0.25) is 0 Å². The third-order valence-corrected chi connectivity index (χ3v) is 11.8. The van der Waals surface area contributed by atoms with Crippen LogP contribution >= 0.6 is 0 Å². The van der Waals surface area contributed by atoms with E-state index in [4.69, 9.17) is 23.7 Å². The summed E-state index contributed by atoms with van der Waals surface area (Å²) in [6, 6.07) is 40.3. The van der Waals surface area contributed by atoms with Crippen LogP contribution in [-0.2, 0) is 71.4 Å². The van der Waals surface area contributed by atoms with E-state index in [2.05, 4.69) is 21.6 Å². The molecule has 14 heteroatoms. The monoisotopic (exact) mass is 845 g/mol. The van der Waals surface area contributed by atoms with Gasteiger partial charge in [-0.05, 0) is 35.2 Å². The first-order valence-corrected chi connectivity index (χ1v) is 21.6. The summed E-state index contributed by atoms with van der Waals surface area (Å²) in [5.74, 6) is -0.598. The van der Waals surface area contributed by atoms with E-state index in [1.165, 1.54) is 10.9 Å². The van der Waals surface area contributed by atoms with E-state index >= 15 is 0 Å². The predicted molar refractivity (Wildman–Crippen MR) is 232 cm³/mol. The molecule has 1 aromatic heterocycles. The minimum absolute atomic E-state index is 0.139. The van der Waals surface area contributed by atoms with Crippen molar-refractivity contribution in [2.24, 2.45) is 0 Å². The number of nitrogens with one attached hydrogen (secondary N) is 1. The molecule has 13 nitrogen and oxygen atoms in total. The smallest absolute Gasteiger partial charge is 0.327 e. The van der Waals surface area contributed by atoms with Gasteiger partial charge in [-0.1, -0.05) is 127 Å². The highest BCUT2D eigenvalue weighted by Crippen LogP contribution is 2.33. The minimum atomic E-state index is -3.93. The number of hydrogen-bond donors (Lipinski definition) is 1. The quantitative estimate of drug-likeness (QED) is 0.0655. The van der Waals surface area contributed by atoms with Gasteiger partial charge in [-0.25, -0.2) is 17.8 Å². The molecule has 0 radical (unpaired) electrons. The molecule has 0 spiro atoms. The van der Waals surface area contributed by atoms with Crippen LogP contribution in [0, 0.1) is 0 Å². The maximum Gasteiger partial charge on any atom is 0.327 e. The fourth-order valence-electron chi connectivity index (χ4n) is 7.36. The average Bonchev–Trinajstić information content (AvgIpc) is 3.73. The summed E-state index contributed by atoms with van der Waals surface area (Å²) in [5.41, 5.74) is 4.15. The number of sulfonamides is 1. The largest absolute Gasteiger partial charge is 0.461 e. The Labute approximate surface area is 356 Å². The molecular weight excluding hydrogens is 795 g/mol. The number of anilines is 1. The Balaban J connectivity index is 1.04. The average molecular weight is 846 g/mol. The van der Waals surface area contributed by atoms with Crippen LogP contribution in [0.4, 0.5) is 5.69 Å². The van der Waals surface area contributed by atoms with Crippen molar-refractivity contribution in [1.29, 1.82) is 0 Å². The van der Waals surface area contributed by atoms with Gasteiger partial charge in [0.05, 0.1) is 49.3 Å². The van der Waals surface area contributed by atoms with Crippen LogP contribution in [0.15, 0.2) is 151 Å². The van der Waals surface area contributed by atoms with Crippen LogP contribution in [-0.4, -0.2) is 80.6 Å². The lowest BCUT2D eigenvalue weighted by Crippen LogP contribution is -2.61. The van der Waals surface area contributed by atoms with Gasteiger partial charge >= 0.3 is 5.97 Å². The van der Waals surface area contributed by atoms with Crippen molar-refractivity contribution in [2.75, 3.05) is 25.6 Å². The van der Waals surface area contributed by atoms with Crippen LogP contribution in [0.5, 0.6) is 0 Å². The van der Waals surface area contributed by atoms with Crippen molar-refractivity contribution in [3.05, 3.63) is 169 Å². The highest BCUT2D eigenvalue weighted by molar-refractivity contribution is 7.89. The van der Waals surface area contributed by atoms with Gasteiger partial charge in [0.25, 0.3) is 0 Å². The summed E-state index contributed by atoms with van der Waals surface area (Å²) in [5, 5.41) is 9.58. The van der Waals surface area contributed by atoms with Gasteiger partial charge in [-0.2, -0.15) is 0 Å². The van der Waals surface area contributed by atoms with Crippen LogP contribution in [0.25, 0.3) is 10.8 Å². The maximum atomic E-state index is 13.5. The predicted octanol–water partition coefficient (Wildman–Crippen LogP) is 6.62. The first-order chi connectivity index (χ1) is 29.7. The molecule has 1 fully saturated rings. The fraction of sp³-hybridized carbons (Fsp3) is 0.298. The van der Waals surface area contributed by atoms with Crippen molar-refractivity contribution in [3.63, 3.8) is 0 Å². The minimum Gasteiger partial charge on any atom is -0.461 e. The molecule has 1 aliphatic heterocycles. The second-order valence-corrected chi connectivity index (χ2v) is 16.7. The number of nitrogens with zero attached hydrogens (tertiary/aromatic N) is 4. The molecule has 318 valence electrons. The summed E-state index contributed by atoms with van der Waals surface area (Å²) in [4.78, 5) is 15.5. The van der Waals surface area contributed by atoms with Gasteiger partial charge in [0.1, 0.15) is 37.6 Å². The molecule has 0 amide bonds. The molecular formula is C47H51N5O8S. The second-order valence-electron chi connectivity index (χ2n) is 15.0. The molecule has 5 aromatic carbocycles. The topological polar surface area (TPSA) is 143 Å². The van der Waals surface area contributed by atoms with Crippen molar-refractivity contribution in [1.82, 2.24) is 19.7 Å². The van der Waals surface area contributed by atoms with Crippen molar-refractivity contribution in [3.8, 4) is 0 Å². The zero-order chi connectivity index (χ0) is 42.6. The Kier molecular flexibility index (Phi) is 14.7. The first-order valence-electron chi connectivity index (χ1n) is 20.1. The fourth-order valence-corrected chi connectivity index (χ4v) is 8.58. The lowest BCUT2D eigenvalue weighted by molar-refractivity contribution is -0.270. The molecule has 0 saturated carbocycles. The van der Waals surface area contributed by atoms with Crippen molar-refractivity contribution >= 4 is 32.5 Å². The van der Waals surface area contributed by atoms with Crippen LogP contribution in [0.3, 0.4) is 0 Å². The molecule has 0 bridgehead atoms. The normalized spacial score (nSPS) is 19.1. The summed E-state index contributed by atoms with van der Waals surface area (Å²) in [6.45, 7) is 4.29. The van der Waals surface area contributed by atoms with Gasteiger partial charge < -0.3 is 28.6 Å². The van der Waals surface area contributed by atoms with Gasteiger partial charge in [0, 0.05) is 30.6 Å². The van der Waals surface area contributed by atoms with E-state index in [1.54, 1.807) is 24.3 Å². The Morgan fingerprint density at radius 1 is 0.754 bits per heavy atom. The number of benzene rings is 5. The standard InChI is InChI=1S/C47H51N5O8S/c1-4-16-41-45(57-30-34-17-8-5-9-18-34)47(59-32-36-21-12-7-13-22-36)46(58-31-35-19-10-6-11-20-35)42(60-41)33-56-44(53)29-52-28-37(49-50-52)27-48-61(54,55)43-26-15-23-38-39(43)24-14-25-40(38)51(2)3/h4-15,17-26,28,41-42,45-48H,1,16,27,29-33H2,2-3H3/t41-,42-,45+,46-,47-/m1/s1. The molecule has 0 unspecified atom stereocenters. The highest BCUT2D eigenvalue weighted by Gasteiger charge is 2.48. The number of fused-ring (bicyclic) bond motifs is 1. The Morgan fingerprint density at radius 2 is 1.31 bits per heavy atom. The molecule has 6 aromatic rings. The Bertz CT molecular complexity index is 2450. The molecule has 1 N–H and O–H groups in total. The van der Waals surface area contributed by atoms with E-state index in [0.717, 1.165) is 27.8 Å². The third kappa shape index (κ3) is 11.4. The summed E-state index contributed by atoms with van der Waals surface area (Å²) in [7, 11) is -0.116. The first kappa shape index (κ1) is 43.4. The second kappa shape index (κ2) is 20.7. The molecule has 1 saturated heterocycles. The summed E-state index contributed by atoms with van der Waals surface area (Å²) < 4.78 is 63.4. The Morgan fingerprint density at radius 3 is 1.90 bits per heavy atom. The van der Waals surface area contributed by atoms with Gasteiger partial charge in [0.2, 0.25) is 10.0 Å². The van der Waals surface area contributed by atoms with Crippen molar-refractivity contribution in [2.45, 2.75) is 74.7 Å². The molecule has 61 heavy (non-hydrogen) atoms. The number of aromatic nitrogens is 3. The van der Waals surface area contributed by atoms with E-state index in [9.17, 15) is 13.2 Å². The Hall–Kier alpha value is -5.74. The maximum absolute atomic E-state index is 13.5. The molecule has 0 aliphatic carbocycles. The number of rotatable bonds is 20. The number of hydrogen-bond acceptors (Lipinski definition) is 11. The van der Waals surface area contributed by atoms with Gasteiger partial charge in [-0.15, -0.1) is 11.7 Å². The van der Waals surface area contributed by atoms with Crippen LogP contribution in [0.1, 0.15) is 28.8 Å². The summed E-state index contributed by atoms with van der Waals surface area (Å²) in [6.07, 6.45) is 0.605. The van der Waals surface area contributed by atoms with E-state index < -0.39 is 46.5 Å². The number of esters is 1. The number of carbonyl (C=O) groups excluding carboxylic acids is 1. The molecule has 5 atom stereocenters. The van der Waals surface area contributed by atoms with Crippen molar-refractivity contribution < 1.29 is 36.9 Å². The third-order valence-electron chi connectivity index (χ3n) is 10.3. The lowest BCUT2D eigenvalue weighted by Gasteiger charge is -2.46. The SMILES string of the molecule is C=CC[C@H]1O[C@H](COC(=O)Cn2cc(CNS(=O)(=O)c3cccc4c(N(C)C)cccc34)nn2)[C@@H](OCc2ccccc2)[C@H](OCc2ccccc2)[C@H]1OCc1ccccc1. The number of carbonyl (C=O) groups is 1. The van der Waals surface area contributed by atoms with Gasteiger partial charge in [0.15, 0.2) is 0 Å². The van der Waals surface area contributed by atoms with E-state index in [1.807, 2.05) is 128 Å². The molecule has 1 aliphatic rings.